The van der Waals surface area contributed by atoms with Gasteiger partial charge in [0.2, 0.25) is 0 Å². The van der Waals surface area contributed by atoms with Crippen molar-refractivity contribution in [2.24, 2.45) is 0 Å². The van der Waals surface area contributed by atoms with Gasteiger partial charge in [0.25, 0.3) is 0 Å². The summed E-state index contributed by atoms with van der Waals surface area (Å²) in [6.45, 7) is 6.58. The third-order valence-electron chi connectivity index (χ3n) is 4.69. The molecule has 0 saturated carbocycles. The average molecular weight is 378 g/mol. The monoisotopic (exact) mass is 378 g/mol. The Bertz CT molecular complexity index is 1160. The molecule has 0 bridgehead atoms. The van der Waals surface area contributed by atoms with Gasteiger partial charge in [-0.1, -0.05) is 48.6 Å². The van der Waals surface area contributed by atoms with Gasteiger partial charge in [0.15, 0.2) is 0 Å². The molecule has 0 aliphatic carbocycles. The summed E-state index contributed by atoms with van der Waals surface area (Å²) in [5.74, 6) is 0.814. The molecule has 4 aromatic rings. The van der Waals surface area contributed by atoms with Crippen LogP contribution < -0.4 is 4.74 Å². The number of ether oxygens (including phenoxy) is 1. The predicted octanol–water partition coefficient (Wildman–Crippen LogP) is 6.33. The van der Waals surface area contributed by atoms with Gasteiger partial charge in [-0.25, -0.2) is 4.98 Å². The number of fused-ring (bicyclic) bond motifs is 1. The number of benzene rings is 2. The molecule has 2 heterocycles. The van der Waals surface area contributed by atoms with E-state index < -0.39 is 0 Å². The lowest BCUT2D eigenvalue weighted by Gasteiger charge is -2.10. The van der Waals surface area contributed by atoms with Crippen molar-refractivity contribution in [2.45, 2.75) is 13.5 Å². The van der Waals surface area contributed by atoms with E-state index in [1.165, 1.54) is 0 Å². The fourth-order valence-electron chi connectivity index (χ4n) is 3.16. The van der Waals surface area contributed by atoms with Gasteiger partial charge in [0.05, 0.1) is 11.2 Å². The highest BCUT2D eigenvalue weighted by molar-refractivity contribution is 5.90. The molecule has 3 nitrogen and oxygen atoms in total. The standard InChI is InChI=1S/C26H22N2O/c1-19(2)25(17-20-13-15-27-16-14-20)21-8-11-24(12-9-21)29-18-23-10-7-22-5-3-4-6-26(22)28-23/h3-17H,1,18H2,2H3/b25-17-. The van der Waals surface area contributed by atoms with E-state index in [1.54, 1.807) is 12.4 Å². The quantitative estimate of drug-likeness (QED) is 0.368. The SMILES string of the molecule is C=C(C)/C(=C/c1ccncc1)c1ccc(OCc2ccc3ccccc3n2)cc1. The van der Waals surface area contributed by atoms with Gasteiger partial charge in [-0.15, -0.1) is 0 Å². The summed E-state index contributed by atoms with van der Waals surface area (Å²) >= 11 is 0. The van der Waals surface area contributed by atoms with E-state index in [4.69, 9.17) is 4.74 Å². The van der Waals surface area contributed by atoms with Crippen LogP contribution in [0.1, 0.15) is 23.7 Å². The minimum atomic E-state index is 0.435. The summed E-state index contributed by atoms with van der Waals surface area (Å²) in [6.07, 6.45) is 5.71. The van der Waals surface area contributed by atoms with Crippen LogP contribution in [0.15, 0.2) is 97.3 Å². The molecule has 0 spiro atoms. The first-order valence-corrected chi connectivity index (χ1v) is 9.54. The van der Waals surface area contributed by atoms with Gasteiger partial charge in [-0.2, -0.15) is 0 Å². The number of hydrogen-bond acceptors (Lipinski definition) is 3. The third-order valence-corrected chi connectivity index (χ3v) is 4.69. The molecular formula is C26H22N2O. The first-order chi connectivity index (χ1) is 14.2. The molecule has 0 unspecified atom stereocenters. The fraction of sp³-hybridized carbons (Fsp3) is 0.0769. The summed E-state index contributed by atoms with van der Waals surface area (Å²) in [7, 11) is 0. The average Bonchev–Trinajstić information content (AvgIpc) is 2.77. The molecule has 0 aliphatic rings. The van der Waals surface area contributed by atoms with E-state index >= 15 is 0 Å². The number of nitrogens with zero attached hydrogens (tertiary/aromatic N) is 2. The van der Waals surface area contributed by atoms with Crippen LogP contribution >= 0.6 is 0 Å². The highest BCUT2D eigenvalue weighted by Crippen LogP contribution is 2.26. The molecule has 3 heteroatoms. The van der Waals surface area contributed by atoms with Crippen LogP contribution in [0.2, 0.25) is 0 Å². The molecule has 0 N–H and O–H groups in total. The van der Waals surface area contributed by atoms with Crippen molar-refractivity contribution in [2.75, 3.05) is 0 Å². The van der Waals surface area contributed by atoms with Crippen LogP contribution in [0.3, 0.4) is 0 Å². The molecule has 0 saturated heterocycles. The van der Waals surface area contributed by atoms with E-state index in [0.29, 0.717) is 6.61 Å². The fourth-order valence-corrected chi connectivity index (χ4v) is 3.16. The van der Waals surface area contributed by atoms with Crippen molar-refractivity contribution < 1.29 is 4.74 Å². The zero-order valence-corrected chi connectivity index (χ0v) is 16.4. The largest absolute Gasteiger partial charge is 0.487 e. The van der Waals surface area contributed by atoms with Crippen LogP contribution in [0.5, 0.6) is 5.75 Å². The lowest BCUT2D eigenvalue weighted by Crippen LogP contribution is -1.98. The number of allylic oxidation sites excluding steroid dienone is 2. The van der Waals surface area contributed by atoms with E-state index in [9.17, 15) is 0 Å². The van der Waals surface area contributed by atoms with Crippen molar-refractivity contribution >= 4 is 22.6 Å². The second-order valence-corrected chi connectivity index (χ2v) is 6.93. The maximum absolute atomic E-state index is 5.94. The Kier molecular flexibility index (Phi) is 5.48. The highest BCUT2D eigenvalue weighted by atomic mass is 16.5. The molecule has 142 valence electrons. The Morgan fingerprint density at radius 2 is 1.69 bits per heavy atom. The number of rotatable bonds is 6. The normalized spacial score (nSPS) is 11.4. The Morgan fingerprint density at radius 3 is 2.45 bits per heavy atom. The zero-order chi connectivity index (χ0) is 20.1. The maximum Gasteiger partial charge on any atom is 0.130 e. The van der Waals surface area contributed by atoms with Gasteiger partial charge in [-0.05, 0) is 66.1 Å². The van der Waals surface area contributed by atoms with Gasteiger partial charge in [0, 0.05) is 17.8 Å². The van der Waals surface area contributed by atoms with E-state index in [1.807, 2.05) is 55.5 Å². The number of para-hydroxylation sites is 1. The maximum atomic E-state index is 5.94. The van der Waals surface area contributed by atoms with Crippen molar-refractivity contribution in [3.8, 4) is 5.75 Å². The predicted molar refractivity (Wildman–Crippen MR) is 119 cm³/mol. The highest BCUT2D eigenvalue weighted by Gasteiger charge is 2.05. The summed E-state index contributed by atoms with van der Waals surface area (Å²) in [6, 6.07) is 24.2. The Balaban J connectivity index is 1.49. The van der Waals surface area contributed by atoms with E-state index in [-0.39, 0.29) is 0 Å². The van der Waals surface area contributed by atoms with Crippen molar-refractivity contribution in [1.82, 2.24) is 9.97 Å². The Morgan fingerprint density at radius 1 is 0.931 bits per heavy atom. The minimum Gasteiger partial charge on any atom is -0.487 e. The van der Waals surface area contributed by atoms with E-state index in [2.05, 4.69) is 46.9 Å². The van der Waals surface area contributed by atoms with Crippen LogP contribution in [0.25, 0.3) is 22.6 Å². The van der Waals surface area contributed by atoms with Gasteiger partial charge in [0.1, 0.15) is 12.4 Å². The number of pyridine rings is 2. The third kappa shape index (κ3) is 4.58. The summed E-state index contributed by atoms with van der Waals surface area (Å²) < 4.78 is 5.94. The number of hydrogen-bond donors (Lipinski definition) is 0. The smallest absolute Gasteiger partial charge is 0.130 e. The van der Waals surface area contributed by atoms with E-state index in [0.717, 1.165) is 44.6 Å². The second kappa shape index (κ2) is 8.53. The zero-order valence-electron chi connectivity index (χ0n) is 16.4. The molecular weight excluding hydrogens is 356 g/mol. The van der Waals surface area contributed by atoms with Crippen molar-refractivity contribution in [3.05, 3.63) is 114 Å². The molecule has 2 aromatic carbocycles. The molecule has 2 aromatic heterocycles. The molecule has 0 amide bonds. The lowest BCUT2D eigenvalue weighted by molar-refractivity contribution is 0.302. The van der Waals surface area contributed by atoms with Gasteiger partial charge < -0.3 is 4.74 Å². The lowest BCUT2D eigenvalue weighted by atomic mass is 9.98. The van der Waals surface area contributed by atoms with Crippen LogP contribution in [-0.2, 0) is 6.61 Å². The molecule has 0 fully saturated rings. The number of aromatic nitrogens is 2. The van der Waals surface area contributed by atoms with Crippen molar-refractivity contribution in [1.29, 1.82) is 0 Å². The Labute approximate surface area is 171 Å². The van der Waals surface area contributed by atoms with Crippen LogP contribution in [0, 0.1) is 0 Å². The molecule has 4 rings (SSSR count). The summed E-state index contributed by atoms with van der Waals surface area (Å²) in [5.41, 5.74) is 6.20. The molecule has 0 radical (unpaired) electrons. The van der Waals surface area contributed by atoms with Crippen LogP contribution in [0.4, 0.5) is 0 Å². The summed E-state index contributed by atoms with van der Waals surface area (Å²) in [5, 5.41) is 1.13. The first-order valence-electron chi connectivity index (χ1n) is 9.54. The van der Waals surface area contributed by atoms with Gasteiger partial charge in [-0.3, -0.25) is 4.98 Å². The Hall–Kier alpha value is -3.72. The molecule has 0 aliphatic heterocycles. The molecule has 29 heavy (non-hydrogen) atoms. The van der Waals surface area contributed by atoms with Crippen LogP contribution in [-0.4, -0.2) is 9.97 Å². The van der Waals surface area contributed by atoms with Crippen molar-refractivity contribution in [3.63, 3.8) is 0 Å². The topological polar surface area (TPSA) is 35.0 Å². The first kappa shape index (κ1) is 18.6. The molecule has 0 atom stereocenters. The van der Waals surface area contributed by atoms with Gasteiger partial charge >= 0.3 is 0 Å². The summed E-state index contributed by atoms with van der Waals surface area (Å²) in [4.78, 5) is 8.73. The minimum absolute atomic E-state index is 0.435. The second-order valence-electron chi connectivity index (χ2n) is 6.93.